The molecule has 1 saturated heterocycles. The van der Waals surface area contributed by atoms with Crippen molar-refractivity contribution in [1.29, 1.82) is 0 Å². The third kappa shape index (κ3) is 4.10. The summed E-state index contributed by atoms with van der Waals surface area (Å²) >= 11 is 0. The summed E-state index contributed by atoms with van der Waals surface area (Å²) in [6.45, 7) is 2.82. The number of ether oxygens (including phenoxy) is 2. The van der Waals surface area contributed by atoms with E-state index in [-0.39, 0.29) is 16.6 Å². The molecule has 0 bridgehead atoms. The van der Waals surface area contributed by atoms with Crippen molar-refractivity contribution in [1.82, 2.24) is 4.31 Å². The lowest BCUT2D eigenvalue weighted by molar-refractivity contribution is -0.385. The van der Waals surface area contributed by atoms with E-state index in [1.165, 1.54) is 23.5 Å². The molecule has 1 heterocycles. The molecule has 1 aliphatic rings. The Morgan fingerprint density at radius 2 is 1.86 bits per heavy atom. The number of hydrogen-bond acceptors (Lipinski definition) is 6. The molecule has 9 heteroatoms. The quantitative estimate of drug-likeness (QED) is 0.534. The zero-order valence-electron chi connectivity index (χ0n) is 15.7. The Balaban J connectivity index is 1.96. The van der Waals surface area contributed by atoms with Crippen LogP contribution >= 0.6 is 0 Å². The number of benzene rings is 2. The number of piperidine rings is 1. The third-order valence-corrected chi connectivity index (χ3v) is 6.53. The van der Waals surface area contributed by atoms with Crippen molar-refractivity contribution in [2.24, 2.45) is 5.92 Å². The lowest BCUT2D eigenvalue weighted by atomic mass is 10.0. The first kappa shape index (κ1) is 20.1. The van der Waals surface area contributed by atoms with Crippen LogP contribution in [0.2, 0.25) is 0 Å². The van der Waals surface area contributed by atoms with Crippen molar-refractivity contribution in [2.75, 3.05) is 20.2 Å². The predicted octanol–water partition coefficient (Wildman–Crippen LogP) is 3.82. The van der Waals surface area contributed by atoms with Crippen molar-refractivity contribution in [3.05, 3.63) is 52.6 Å². The Morgan fingerprint density at radius 3 is 2.50 bits per heavy atom. The number of para-hydroxylation sites is 2. The minimum absolute atomic E-state index is 0.0551. The largest absolute Gasteiger partial charge is 0.493 e. The molecule has 1 atom stereocenters. The molecule has 1 aliphatic heterocycles. The number of hydrogen-bond donors (Lipinski definition) is 0. The minimum Gasteiger partial charge on any atom is -0.493 e. The molecule has 2 aromatic carbocycles. The van der Waals surface area contributed by atoms with Crippen LogP contribution in [0.15, 0.2) is 47.4 Å². The standard InChI is InChI=1S/C19H22N2O6S/c1-14-6-5-11-20(13-14)28(24,25)15-9-10-17(16(12-15)21(22)23)27-19-8-4-3-7-18(19)26-2/h3-4,7-10,12,14H,5-6,11,13H2,1-2H3/t14-/m1/s1. The molecular formula is C19H22N2O6S. The molecule has 3 rings (SSSR count). The maximum absolute atomic E-state index is 12.9. The second kappa shape index (κ2) is 8.15. The highest BCUT2D eigenvalue weighted by molar-refractivity contribution is 7.89. The van der Waals surface area contributed by atoms with Crippen LogP contribution in [-0.2, 0) is 10.0 Å². The van der Waals surface area contributed by atoms with Crippen LogP contribution in [0, 0.1) is 16.0 Å². The Morgan fingerprint density at radius 1 is 1.14 bits per heavy atom. The van der Waals surface area contributed by atoms with Gasteiger partial charge in [-0.05, 0) is 43.0 Å². The van der Waals surface area contributed by atoms with E-state index in [0.717, 1.165) is 18.9 Å². The summed E-state index contributed by atoms with van der Waals surface area (Å²) in [7, 11) is -2.34. The maximum atomic E-state index is 12.9. The van der Waals surface area contributed by atoms with Crippen LogP contribution in [0.25, 0.3) is 0 Å². The van der Waals surface area contributed by atoms with E-state index in [1.54, 1.807) is 24.3 Å². The summed E-state index contributed by atoms with van der Waals surface area (Å²) in [5.41, 5.74) is -0.419. The van der Waals surface area contributed by atoms with E-state index in [0.29, 0.717) is 24.6 Å². The van der Waals surface area contributed by atoms with Crippen LogP contribution in [0.1, 0.15) is 19.8 Å². The average molecular weight is 406 g/mol. The van der Waals surface area contributed by atoms with E-state index < -0.39 is 20.6 Å². The van der Waals surface area contributed by atoms with E-state index >= 15 is 0 Å². The molecule has 150 valence electrons. The fourth-order valence-corrected chi connectivity index (χ4v) is 4.84. The van der Waals surface area contributed by atoms with Gasteiger partial charge in [0.05, 0.1) is 16.9 Å². The molecule has 28 heavy (non-hydrogen) atoms. The van der Waals surface area contributed by atoms with E-state index in [1.807, 2.05) is 6.92 Å². The van der Waals surface area contributed by atoms with Crippen LogP contribution in [0.3, 0.4) is 0 Å². The Bertz CT molecular complexity index is 976. The van der Waals surface area contributed by atoms with Crippen molar-refractivity contribution >= 4 is 15.7 Å². The lowest BCUT2D eigenvalue weighted by Crippen LogP contribution is -2.39. The summed E-state index contributed by atoms with van der Waals surface area (Å²) in [5, 5.41) is 11.6. The molecule has 2 aromatic rings. The van der Waals surface area contributed by atoms with Gasteiger partial charge in [0.1, 0.15) is 0 Å². The lowest BCUT2D eigenvalue weighted by Gasteiger charge is -2.30. The Hall–Kier alpha value is -2.65. The molecule has 0 spiro atoms. The topological polar surface area (TPSA) is 99.0 Å². The van der Waals surface area contributed by atoms with Gasteiger partial charge in [0.25, 0.3) is 0 Å². The Kier molecular flexibility index (Phi) is 5.85. The fourth-order valence-electron chi connectivity index (χ4n) is 3.22. The second-order valence-corrected chi connectivity index (χ2v) is 8.69. The van der Waals surface area contributed by atoms with Gasteiger partial charge in [0.2, 0.25) is 15.8 Å². The summed E-state index contributed by atoms with van der Waals surface area (Å²) in [4.78, 5) is 10.8. The van der Waals surface area contributed by atoms with Crippen LogP contribution in [0.4, 0.5) is 5.69 Å². The molecular weight excluding hydrogens is 384 g/mol. The first-order valence-electron chi connectivity index (χ1n) is 8.92. The number of nitro groups is 1. The van der Waals surface area contributed by atoms with E-state index in [4.69, 9.17) is 9.47 Å². The zero-order valence-corrected chi connectivity index (χ0v) is 16.5. The highest BCUT2D eigenvalue weighted by Crippen LogP contribution is 2.37. The molecule has 0 radical (unpaired) electrons. The normalized spacial score (nSPS) is 17.9. The molecule has 8 nitrogen and oxygen atoms in total. The van der Waals surface area contributed by atoms with E-state index in [9.17, 15) is 18.5 Å². The SMILES string of the molecule is COc1ccccc1Oc1ccc(S(=O)(=O)N2CCC[C@@H](C)C2)cc1[N+](=O)[O-]. The summed E-state index contributed by atoms with van der Waals surface area (Å²) < 4.78 is 38.1. The number of methoxy groups -OCH3 is 1. The summed E-state index contributed by atoms with van der Waals surface area (Å²) in [5.74, 6) is 0.913. The van der Waals surface area contributed by atoms with Crippen LogP contribution in [-0.4, -0.2) is 37.8 Å². The maximum Gasteiger partial charge on any atom is 0.312 e. The van der Waals surface area contributed by atoms with Gasteiger partial charge in [-0.15, -0.1) is 0 Å². The number of nitro benzene ring substituents is 1. The average Bonchev–Trinajstić information content (AvgIpc) is 2.68. The fraction of sp³-hybridized carbons (Fsp3) is 0.368. The monoisotopic (exact) mass is 406 g/mol. The number of nitrogens with zero attached hydrogens (tertiary/aromatic N) is 2. The molecule has 0 amide bonds. The van der Waals surface area contributed by atoms with Gasteiger partial charge in [-0.3, -0.25) is 10.1 Å². The second-order valence-electron chi connectivity index (χ2n) is 6.75. The highest BCUT2D eigenvalue weighted by Gasteiger charge is 2.31. The molecule has 0 aliphatic carbocycles. The first-order valence-corrected chi connectivity index (χ1v) is 10.4. The third-order valence-electron chi connectivity index (χ3n) is 4.67. The van der Waals surface area contributed by atoms with Crippen molar-refractivity contribution in [2.45, 2.75) is 24.7 Å². The van der Waals surface area contributed by atoms with Crippen molar-refractivity contribution in [3.8, 4) is 17.2 Å². The van der Waals surface area contributed by atoms with Gasteiger partial charge in [-0.2, -0.15) is 4.31 Å². The zero-order chi connectivity index (χ0) is 20.3. The molecule has 0 aromatic heterocycles. The molecule has 0 N–H and O–H groups in total. The number of rotatable bonds is 6. The smallest absolute Gasteiger partial charge is 0.312 e. The van der Waals surface area contributed by atoms with Gasteiger partial charge in [0.15, 0.2) is 11.5 Å². The number of sulfonamides is 1. The Labute approximate surface area is 163 Å². The minimum atomic E-state index is -3.80. The molecule has 0 unspecified atom stereocenters. The van der Waals surface area contributed by atoms with Gasteiger partial charge in [-0.1, -0.05) is 19.1 Å². The first-order chi connectivity index (χ1) is 13.3. The van der Waals surface area contributed by atoms with Crippen LogP contribution in [0.5, 0.6) is 17.2 Å². The van der Waals surface area contributed by atoms with Gasteiger partial charge < -0.3 is 9.47 Å². The van der Waals surface area contributed by atoms with Gasteiger partial charge in [-0.25, -0.2) is 8.42 Å². The van der Waals surface area contributed by atoms with Gasteiger partial charge >= 0.3 is 5.69 Å². The van der Waals surface area contributed by atoms with Crippen molar-refractivity contribution < 1.29 is 22.8 Å². The van der Waals surface area contributed by atoms with Crippen molar-refractivity contribution in [3.63, 3.8) is 0 Å². The van der Waals surface area contributed by atoms with Gasteiger partial charge in [0, 0.05) is 19.2 Å². The van der Waals surface area contributed by atoms with E-state index in [2.05, 4.69) is 0 Å². The predicted molar refractivity (Wildman–Crippen MR) is 103 cm³/mol. The van der Waals surface area contributed by atoms with Crippen LogP contribution < -0.4 is 9.47 Å². The summed E-state index contributed by atoms with van der Waals surface area (Å²) in [6, 6.07) is 10.4. The summed E-state index contributed by atoms with van der Waals surface area (Å²) in [6.07, 6.45) is 1.75. The molecule has 1 fully saturated rings. The molecule has 0 saturated carbocycles. The highest BCUT2D eigenvalue weighted by atomic mass is 32.2.